The number of rotatable bonds is 14. The van der Waals surface area contributed by atoms with Crippen molar-refractivity contribution in [3.8, 4) is 0 Å². The molecule has 14 heteroatoms. The van der Waals surface area contributed by atoms with Crippen LogP contribution in [0.3, 0.4) is 0 Å². The lowest BCUT2D eigenvalue weighted by molar-refractivity contribution is -0.134. The van der Waals surface area contributed by atoms with Gasteiger partial charge in [0, 0.05) is 19.4 Å². The molecule has 4 unspecified atom stereocenters. The summed E-state index contributed by atoms with van der Waals surface area (Å²) in [6.45, 7) is -0.941. The van der Waals surface area contributed by atoms with Crippen molar-refractivity contribution in [2.45, 2.75) is 43.4 Å². The first-order chi connectivity index (χ1) is 11.1. The third-order valence-electron chi connectivity index (χ3n) is 3.09. The summed E-state index contributed by atoms with van der Waals surface area (Å²) in [4.78, 5) is 46.6. The molecule has 0 fully saturated rings. The zero-order valence-corrected chi connectivity index (χ0v) is 14.5. The Balaban J connectivity index is 4.96. The van der Waals surface area contributed by atoms with Crippen LogP contribution in [0.15, 0.2) is 0 Å². The minimum Gasteiger partial charge on any atom is -0.449 e. The van der Waals surface area contributed by atoms with E-state index in [1.165, 1.54) is 0 Å². The number of aliphatic hydroxyl groups is 1. The predicted molar refractivity (Wildman–Crippen MR) is 82.1 cm³/mol. The quantitative estimate of drug-likeness (QED) is 0.0972. The van der Waals surface area contributed by atoms with Crippen molar-refractivity contribution in [2.75, 3.05) is 13.3 Å². The van der Waals surface area contributed by atoms with E-state index in [2.05, 4.69) is 4.74 Å². The van der Waals surface area contributed by atoms with Crippen LogP contribution >= 0.6 is 16.2 Å². The molecule has 0 aromatic heterocycles. The minimum atomic E-state index is -4.48. The smallest absolute Gasteiger partial charge is 0.329 e. The van der Waals surface area contributed by atoms with Crippen molar-refractivity contribution in [2.24, 2.45) is 11.5 Å². The van der Waals surface area contributed by atoms with Crippen LogP contribution in [0.5, 0.6) is 0 Å². The molecule has 0 radical (unpaired) electrons. The lowest BCUT2D eigenvalue weighted by Crippen LogP contribution is -2.34. The first-order valence-corrected chi connectivity index (χ1v) is 9.65. The van der Waals surface area contributed by atoms with E-state index >= 15 is 0 Å². The average molecular weight is 394 g/mol. The van der Waals surface area contributed by atoms with Gasteiger partial charge in [-0.1, -0.05) is 0 Å². The van der Waals surface area contributed by atoms with E-state index in [0.717, 1.165) is 0 Å². The molecule has 0 aromatic rings. The second kappa shape index (κ2) is 12.2. The molecule has 9 N–H and O–H groups in total. The predicted octanol–water partition coefficient (Wildman–Crippen LogP) is -1.95. The van der Waals surface area contributed by atoms with Crippen molar-refractivity contribution in [3.63, 3.8) is 0 Å². The van der Waals surface area contributed by atoms with Gasteiger partial charge < -0.3 is 44.4 Å². The van der Waals surface area contributed by atoms with Gasteiger partial charge >= 0.3 is 16.2 Å². The van der Waals surface area contributed by atoms with Gasteiger partial charge in [0.2, 0.25) is 0 Å². The first-order valence-electron chi connectivity index (χ1n) is 6.81. The molecule has 0 spiro atoms. The largest absolute Gasteiger partial charge is 0.449 e. The summed E-state index contributed by atoms with van der Waals surface area (Å²) in [5, 5.41) is 8.91. The molecule has 0 rings (SSSR count). The third kappa shape index (κ3) is 10.6. The van der Waals surface area contributed by atoms with Gasteiger partial charge in [-0.3, -0.25) is 15.1 Å². The highest BCUT2D eigenvalue weighted by Crippen LogP contribution is 2.43. The maximum absolute atomic E-state index is 11.3. The van der Waals surface area contributed by atoms with E-state index in [1.807, 2.05) is 0 Å². The summed E-state index contributed by atoms with van der Waals surface area (Å²) in [5.41, 5.74) is 9.61. The Morgan fingerprint density at radius 1 is 1.17 bits per heavy atom. The monoisotopic (exact) mass is 394 g/mol. The molecule has 0 aliphatic rings. The minimum absolute atomic E-state index is 0.104. The molecule has 4 atom stereocenters. The fourth-order valence-electron chi connectivity index (χ4n) is 2.01. The van der Waals surface area contributed by atoms with Gasteiger partial charge in [-0.25, -0.2) is 0 Å². The Bertz CT molecular complexity index is 396. The third-order valence-corrected chi connectivity index (χ3v) is 4.95. The molecular formula is C10H24N2O10P2. The van der Waals surface area contributed by atoms with Crippen LogP contribution in [-0.4, -0.2) is 68.6 Å². The summed E-state index contributed by atoms with van der Waals surface area (Å²) >= 11 is 0. The van der Waals surface area contributed by atoms with Crippen LogP contribution in [0.1, 0.15) is 19.3 Å². The lowest BCUT2D eigenvalue weighted by Gasteiger charge is -2.27. The van der Waals surface area contributed by atoms with E-state index in [4.69, 9.17) is 35.6 Å². The Hall–Kier alpha value is -0.230. The normalized spacial score (nSPS) is 17.3. The second-order valence-electron chi connectivity index (χ2n) is 4.85. The molecule has 0 saturated carbocycles. The number of hydrogen-bond acceptors (Lipinski definition) is 10. The highest BCUT2D eigenvalue weighted by Gasteiger charge is 2.32. The fourth-order valence-corrected chi connectivity index (χ4v) is 3.23. The zero-order chi connectivity index (χ0) is 18.8. The maximum Gasteiger partial charge on any atom is 0.329 e. The van der Waals surface area contributed by atoms with E-state index in [9.17, 15) is 19.1 Å². The van der Waals surface area contributed by atoms with Gasteiger partial charge in [0.1, 0.15) is 6.79 Å². The topological polar surface area (TPSA) is 215 Å². The number of aliphatic hydroxyl groups excluding tert-OH is 1. The molecule has 0 aliphatic heterocycles. The van der Waals surface area contributed by atoms with E-state index in [0.29, 0.717) is 0 Å². The van der Waals surface area contributed by atoms with Crippen molar-refractivity contribution in [1.29, 1.82) is 0 Å². The summed E-state index contributed by atoms with van der Waals surface area (Å²) in [5.74, 6) is 0. The van der Waals surface area contributed by atoms with E-state index in [1.54, 1.807) is 0 Å². The summed E-state index contributed by atoms with van der Waals surface area (Å²) in [7, 11) is -7.24. The summed E-state index contributed by atoms with van der Waals surface area (Å²) < 4.78 is 25.7. The standard InChI is InChI=1S/C10H24N2O10P2/c11-4-9(24(17,18)19)2-7(20-5-13)1-8(22-23(15)16)3-10(12)21-6-14/h6-10,13,15-16H,1-5,11-12H2,(H2,17,18,19). The second-order valence-corrected chi connectivity index (χ2v) is 7.48. The first kappa shape index (κ1) is 23.8. The molecule has 0 aliphatic carbocycles. The van der Waals surface area contributed by atoms with Gasteiger partial charge in [0.15, 0.2) is 6.23 Å². The molecule has 0 heterocycles. The Morgan fingerprint density at radius 2 is 1.79 bits per heavy atom. The van der Waals surface area contributed by atoms with Gasteiger partial charge in [0.25, 0.3) is 6.47 Å². The van der Waals surface area contributed by atoms with Crippen LogP contribution < -0.4 is 11.5 Å². The maximum atomic E-state index is 11.3. The van der Waals surface area contributed by atoms with Crippen LogP contribution in [0, 0.1) is 0 Å². The molecule has 0 bridgehead atoms. The van der Waals surface area contributed by atoms with Gasteiger partial charge in [0.05, 0.1) is 17.9 Å². The molecule has 0 aromatic carbocycles. The zero-order valence-electron chi connectivity index (χ0n) is 12.7. The SMILES string of the molecule is NCC(CC(CC(CC(N)OC=O)OP(O)O)OCO)P(=O)(O)O. The summed E-state index contributed by atoms with van der Waals surface area (Å²) in [6, 6.07) is 0. The molecule has 144 valence electrons. The number of hydrogen-bond donors (Lipinski definition) is 7. The van der Waals surface area contributed by atoms with E-state index < -0.39 is 47.1 Å². The van der Waals surface area contributed by atoms with Crippen molar-refractivity contribution < 1.29 is 48.0 Å². The lowest BCUT2D eigenvalue weighted by atomic mass is 10.0. The Labute approximate surface area is 139 Å². The van der Waals surface area contributed by atoms with Crippen LogP contribution in [-0.2, 0) is 23.4 Å². The van der Waals surface area contributed by atoms with Crippen molar-refractivity contribution in [1.82, 2.24) is 0 Å². The molecular weight excluding hydrogens is 370 g/mol. The highest BCUT2D eigenvalue weighted by atomic mass is 31.2. The van der Waals surface area contributed by atoms with Gasteiger partial charge in [-0.2, -0.15) is 0 Å². The van der Waals surface area contributed by atoms with Crippen LogP contribution in [0.25, 0.3) is 0 Å². The number of carbonyl (C=O) groups excluding carboxylic acids is 1. The van der Waals surface area contributed by atoms with E-state index in [-0.39, 0.29) is 32.3 Å². The Kier molecular flexibility index (Phi) is 12.1. The van der Waals surface area contributed by atoms with Crippen molar-refractivity contribution in [3.05, 3.63) is 0 Å². The highest BCUT2D eigenvalue weighted by molar-refractivity contribution is 7.52. The van der Waals surface area contributed by atoms with Gasteiger partial charge in [-0.15, -0.1) is 0 Å². The average Bonchev–Trinajstić information content (AvgIpc) is 2.42. The summed E-state index contributed by atoms with van der Waals surface area (Å²) in [6.07, 6.45) is -3.42. The van der Waals surface area contributed by atoms with Crippen molar-refractivity contribution >= 4 is 22.7 Å². The number of carbonyl (C=O) groups is 1. The van der Waals surface area contributed by atoms with Crippen LogP contribution in [0.2, 0.25) is 0 Å². The Morgan fingerprint density at radius 3 is 2.21 bits per heavy atom. The van der Waals surface area contributed by atoms with Gasteiger partial charge in [-0.05, 0) is 6.42 Å². The molecule has 24 heavy (non-hydrogen) atoms. The molecule has 0 amide bonds. The fraction of sp³-hybridized carbons (Fsp3) is 0.900. The number of ether oxygens (including phenoxy) is 2. The van der Waals surface area contributed by atoms with Crippen LogP contribution in [0.4, 0.5) is 0 Å². The molecule has 0 saturated heterocycles. The molecule has 12 nitrogen and oxygen atoms in total. The number of nitrogens with two attached hydrogens (primary N) is 2.